The van der Waals surface area contributed by atoms with Crippen LogP contribution < -0.4 is 10.5 Å². The molecule has 0 aliphatic carbocycles. The molecule has 2 N–H and O–H groups in total. The monoisotopic (exact) mass is 221 g/mol. The van der Waals surface area contributed by atoms with Crippen molar-refractivity contribution in [3.8, 4) is 11.6 Å². The lowest BCUT2D eigenvalue weighted by Gasteiger charge is -2.06. The lowest BCUT2D eigenvalue weighted by Crippen LogP contribution is -2.03. The Morgan fingerprint density at radius 3 is 2.81 bits per heavy atom. The second kappa shape index (κ2) is 4.32. The third kappa shape index (κ3) is 1.77. The number of halogens is 1. The van der Waals surface area contributed by atoms with Gasteiger partial charge in [0.1, 0.15) is 11.5 Å². The molecule has 0 radical (unpaired) electrons. The Hall–Kier alpha value is -1.88. The molecular weight excluding hydrogens is 209 g/mol. The average molecular weight is 221 g/mol. The number of benzene rings is 1. The van der Waals surface area contributed by atoms with Gasteiger partial charge in [0.05, 0.1) is 12.8 Å². The molecule has 0 spiro atoms. The summed E-state index contributed by atoms with van der Waals surface area (Å²) in [6.45, 7) is 0.289. The fourth-order valence-corrected chi connectivity index (χ4v) is 1.45. The minimum absolute atomic E-state index is 0.289. The van der Waals surface area contributed by atoms with Gasteiger partial charge >= 0.3 is 0 Å². The predicted octanol–water partition coefficient (Wildman–Crippen LogP) is 1.48. The molecular formula is C11H12FN3O. The number of methoxy groups -OCH3 is 1. The van der Waals surface area contributed by atoms with Crippen LogP contribution >= 0.6 is 0 Å². The van der Waals surface area contributed by atoms with E-state index in [1.54, 1.807) is 24.3 Å². The number of ether oxygens (including phenoxy) is 1. The quantitative estimate of drug-likeness (QED) is 0.854. The number of hydrogen-bond acceptors (Lipinski definition) is 3. The maximum Gasteiger partial charge on any atom is 0.216 e. The highest BCUT2D eigenvalue weighted by Crippen LogP contribution is 2.20. The number of hydrogen-bond donors (Lipinski definition) is 1. The van der Waals surface area contributed by atoms with Crippen molar-refractivity contribution in [1.29, 1.82) is 0 Å². The SMILES string of the molecule is COc1cc(CN)nn1-c1ccccc1F. The van der Waals surface area contributed by atoms with Crippen molar-refractivity contribution >= 4 is 0 Å². The summed E-state index contributed by atoms with van der Waals surface area (Å²) in [7, 11) is 1.51. The molecule has 16 heavy (non-hydrogen) atoms. The van der Waals surface area contributed by atoms with Gasteiger partial charge in [-0.25, -0.2) is 4.39 Å². The Kier molecular flexibility index (Phi) is 2.87. The number of nitrogens with two attached hydrogens (primary N) is 1. The average Bonchev–Trinajstić information content (AvgIpc) is 2.72. The molecule has 0 fully saturated rings. The topological polar surface area (TPSA) is 53.1 Å². The molecule has 4 nitrogen and oxygen atoms in total. The molecule has 0 aliphatic rings. The number of rotatable bonds is 3. The van der Waals surface area contributed by atoms with Crippen molar-refractivity contribution < 1.29 is 9.13 Å². The van der Waals surface area contributed by atoms with Crippen molar-refractivity contribution in [3.05, 3.63) is 41.8 Å². The highest BCUT2D eigenvalue weighted by Gasteiger charge is 2.11. The lowest BCUT2D eigenvalue weighted by atomic mass is 10.3. The van der Waals surface area contributed by atoms with Crippen LogP contribution in [-0.4, -0.2) is 16.9 Å². The second-order valence-corrected chi connectivity index (χ2v) is 3.25. The summed E-state index contributed by atoms with van der Waals surface area (Å²) in [6, 6.07) is 8.05. The molecule has 1 heterocycles. The van der Waals surface area contributed by atoms with Crippen molar-refractivity contribution in [2.24, 2.45) is 5.73 Å². The summed E-state index contributed by atoms with van der Waals surface area (Å²) >= 11 is 0. The first-order valence-electron chi connectivity index (χ1n) is 4.84. The van der Waals surface area contributed by atoms with Crippen LogP contribution in [0.4, 0.5) is 4.39 Å². The first-order valence-corrected chi connectivity index (χ1v) is 4.84. The molecule has 0 saturated carbocycles. The molecule has 1 aromatic carbocycles. The first kappa shape index (κ1) is 10.6. The van der Waals surface area contributed by atoms with Crippen LogP contribution in [-0.2, 0) is 6.54 Å². The van der Waals surface area contributed by atoms with E-state index in [9.17, 15) is 4.39 Å². The van der Waals surface area contributed by atoms with Crippen LogP contribution in [0.1, 0.15) is 5.69 Å². The van der Waals surface area contributed by atoms with E-state index in [0.29, 0.717) is 17.3 Å². The Morgan fingerprint density at radius 1 is 1.44 bits per heavy atom. The largest absolute Gasteiger partial charge is 0.481 e. The fraction of sp³-hybridized carbons (Fsp3) is 0.182. The van der Waals surface area contributed by atoms with Gasteiger partial charge in [-0.1, -0.05) is 12.1 Å². The molecule has 5 heteroatoms. The summed E-state index contributed by atoms with van der Waals surface area (Å²) in [5.41, 5.74) is 6.48. The maximum absolute atomic E-state index is 13.6. The van der Waals surface area contributed by atoms with Crippen molar-refractivity contribution in [2.75, 3.05) is 7.11 Å². The predicted molar refractivity (Wildman–Crippen MR) is 58.0 cm³/mol. The highest BCUT2D eigenvalue weighted by atomic mass is 19.1. The maximum atomic E-state index is 13.6. The Balaban J connectivity index is 2.54. The van der Waals surface area contributed by atoms with Gasteiger partial charge < -0.3 is 10.5 Å². The van der Waals surface area contributed by atoms with Crippen LogP contribution in [0.2, 0.25) is 0 Å². The van der Waals surface area contributed by atoms with Crippen molar-refractivity contribution in [1.82, 2.24) is 9.78 Å². The molecule has 0 bridgehead atoms. The Morgan fingerprint density at radius 2 is 2.19 bits per heavy atom. The third-order valence-electron chi connectivity index (χ3n) is 2.23. The minimum Gasteiger partial charge on any atom is -0.481 e. The Bertz CT molecular complexity index is 496. The molecule has 84 valence electrons. The van der Waals surface area contributed by atoms with Crippen LogP contribution in [0.5, 0.6) is 5.88 Å². The van der Waals surface area contributed by atoms with E-state index < -0.39 is 0 Å². The molecule has 0 unspecified atom stereocenters. The van der Waals surface area contributed by atoms with E-state index in [0.717, 1.165) is 0 Å². The van der Waals surface area contributed by atoms with E-state index in [2.05, 4.69) is 5.10 Å². The third-order valence-corrected chi connectivity index (χ3v) is 2.23. The van der Waals surface area contributed by atoms with Crippen LogP contribution in [0.25, 0.3) is 5.69 Å². The van der Waals surface area contributed by atoms with E-state index in [-0.39, 0.29) is 12.4 Å². The molecule has 0 amide bonds. The summed E-state index contributed by atoms with van der Waals surface area (Å²) < 4.78 is 20.1. The lowest BCUT2D eigenvalue weighted by molar-refractivity contribution is 0.381. The standard InChI is InChI=1S/C11H12FN3O/c1-16-11-6-8(7-13)14-15(11)10-5-3-2-4-9(10)12/h2-6H,7,13H2,1H3. The second-order valence-electron chi connectivity index (χ2n) is 3.25. The van der Waals surface area contributed by atoms with Gasteiger partial charge in [-0.2, -0.15) is 9.78 Å². The Labute approximate surface area is 92.4 Å². The van der Waals surface area contributed by atoms with Gasteiger partial charge in [-0.3, -0.25) is 0 Å². The van der Waals surface area contributed by atoms with Crippen LogP contribution in [0.3, 0.4) is 0 Å². The van der Waals surface area contributed by atoms with Gasteiger partial charge in [0.25, 0.3) is 0 Å². The number of nitrogens with zero attached hydrogens (tertiary/aromatic N) is 2. The fourth-order valence-electron chi connectivity index (χ4n) is 1.45. The number of aromatic nitrogens is 2. The summed E-state index contributed by atoms with van der Waals surface area (Å²) in [4.78, 5) is 0. The minimum atomic E-state index is -0.354. The van der Waals surface area contributed by atoms with E-state index in [1.165, 1.54) is 17.9 Å². The van der Waals surface area contributed by atoms with E-state index in [1.807, 2.05) is 0 Å². The van der Waals surface area contributed by atoms with Crippen LogP contribution in [0, 0.1) is 5.82 Å². The molecule has 0 saturated heterocycles. The van der Waals surface area contributed by atoms with Crippen molar-refractivity contribution in [3.63, 3.8) is 0 Å². The van der Waals surface area contributed by atoms with Gasteiger partial charge in [0.15, 0.2) is 0 Å². The zero-order valence-corrected chi connectivity index (χ0v) is 8.85. The van der Waals surface area contributed by atoms with Crippen molar-refractivity contribution in [2.45, 2.75) is 6.54 Å². The van der Waals surface area contributed by atoms with E-state index >= 15 is 0 Å². The van der Waals surface area contributed by atoms with Crippen LogP contribution in [0.15, 0.2) is 30.3 Å². The summed E-state index contributed by atoms with van der Waals surface area (Å²) in [5, 5.41) is 4.16. The molecule has 1 aromatic heterocycles. The molecule has 2 rings (SSSR count). The molecule has 0 atom stereocenters. The smallest absolute Gasteiger partial charge is 0.216 e. The van der Waals surface area contributed by atoms with Gasteiger partial charge in [-0.05, 0) is 12.1 Å². The van der Waals surface area contributed by atoms with Gasteiger partial charge in [-0.15, -0.1) is 0 Å². The zero-order chi connectivity index (χ0) is 11.5. The van der Waals surface area contributed by atoms with E-state index in [4.69, 9.17) is 10.5 Å². The van der Waals surface area contributed by atoms with Gasteiger partial charge in [0.2, 0.25) is 5.88 Å². The normalized spacial score (nSPS) is 10.4. The highest BCUT2D eigenvalue weighted by molar-refractivity contribution is 5.37. The summed E-state index contributed by atoms with van der Waals surface area (Å²) in [5.74, 6) is 0.109. The molecule has 2 aromatic rings. The van der Waals surface area contributed by atoms with Gasteiger partial charge in [0, 0.05) is 12.6 Å². The first-order chi connectivity index (χ1) is 7.76. The summed E-state index contributed by atoms with van der Waals surface area (Å²) in [6.07, 6.45) is 0. The number of para-hydroxylation sites is 1. The zero-order valence-electron chi connectivity index (χ0n) is 8.85. The molecule has 0 aliphatic heterocycles.